The van der Waals surface area contributed by atoms with Gasteiger partial charge in [0.2, 0.25) is 5.91 Å². The number of carbonyl (C=O) groups is 1. The maximum atomic E-state index is 13.0. The lowest BCUT2D eigenvalue weighted by atomic mass is 10.1. The Hall–Kier alpha value is -0.820. The van der Waals surface area contributed by atoms with Crippen molar-refractivity contribution in [3.05, 3.63) is 30.3 Å². The molecule has 0 saturated heterocycles. The first-order valence-electron chi connectivity index (χ1n) is 9.68. The van der Waals surface area contributed by atoms with Gasteiger partial charge >= 0.3 is 0 Å². The number of benzene rings is 1. The van der Waals surface area contributed by atoms with Crippen molar-refractivity contribution in [2.24, 2.45) is 0 Å². The van der Waals surface area contributed by atoms with Crippen molar-refractivity contribution < 1.29 is 17.8 Å². The molecular weight excluding hydrogens is 415 g/mol. The molecule has 0 saturated carbocycles. The van der Waals surface area contributed by atoms with Crippen LogP contribution in [0.4, 0.5) is 0 Å². The van der Waals surface area contributed by atoms with E-state index >= 15 is 0 Å². The highest BCUT2D eigenvalue weighted by Crippen LogP contribution is 2.59. The zero-order chi connectivity index (χ0) is 21.2. The lowest BCUT2D eigenvalue weighted by Gasteiger charge is -2.28. The molecule has 0 fully saturated rings. The van der Waals surface area contributed by atoms with Crippen LogP contribution in [0.2, 0.25) is 0 Å². The number of nitrogens with zero attached hydrogens (tertiary/aromatic N) is 1. The van der Waals surface area contributed by atoms with Crippen molar-refractivity contribution >= 4 is 33.8 Å². The third-order valence-corrected chi connectivity index (χ3v) is 12.2. The van der Waals surface area contributed by atoms with E-state index in [0.29, 0.717) is 24.2 Å². The van der Waals surface area contributed by atoms with Gasteiger partial charge in [0.05, 0.1) is 10.6 Å². The van der Waals surface area contributed by atoms with Gasteiger partial charge in [0.15, 0.2) is 9.84 Å². The van der Waals surface area contributed by atoms with Gasteiger partial charge in [0.25, 0.3) is 6.65 Å². The van der Waals surface area contributed by atoms with Crippen LogP contribution in [0.25, 0.3) is 0 Å². The number of amides is 1. The van der Waals surface area contributed by atoms with Gasteiger partial charge in [-0.2, -0.15) is 0 Å². The Labute approximate surface area is 174 Å². The normalized spacial score (nSPS) is 15.0. The molecule has 6 nitrogen and oxygen atoms in total. The topological polar surface area (TPSA) is 83.6 Å². The van der Waals surface area contributed by atoms with E-state index in [1.54, 1.807) is 44.4 Å². The fourth-order valence-electron chi connectivity index (χ4n) is 2.57. The number of unbranched alkanes of at least 4 members (excludes halogenated alkanes) is 3. The Morgan fingerprint density at radius 2 is 1.79 bits per heavy atom. The van der Waals surface area contributed by atoms with E-state index in [2.05, 4.69) is 5.09 Å². The van der Waals surface area contributed by atoms with Crippen molar-refractivity contribution in [3.63, 3.8) is 0 Å². The van der Waals surface area contributed by atoms with Gasteiger partial charge in [-0.1, -0.05) is 56.3 Å². The lowest BCUT2D eigenvalue weighted by molar-refractivity contribution is -0.125. The molecule has 1 aromatic carbocycles. The Morgan fingerprint density at radius 1 is 1.18 bits per heavy atom. The van der Waals surface area contributed by atoms with Crippen molar-refractivity contribution in [2.45, 2.75) is 62.5 Å². The molecular formula is C19H33N2O4PS2. The van der Waals surface area contributed by atoms with E-state index in [1.165, 1.54) is 16.1 Å². The van der Waals surface area contributed by atoms with Crippen LogP contribution in [0.1, 0.15) is 52.4 Å². The van der Waals surface area contributed by atoms with E-state index in [1.807, 2.05) is 13.8 Å². The largest absolute Gasteiger partial charge is 0.294 e. The minimum absolute atomic E-state index is 0.116. The molecule has 1 rings (SSSR count). The number of nitrogens with one attached hydrogen (secondary N) is 1. The second-order valence-electron chi connectivity index (χ2n) is 6.78. The molecule has 160 valence electrons. The summed E-state index contributed by atoms with van der Waals surface area (Å²) in [7, 11) is -0.0343. The average Bonchev–Trinajstić information content (AvgIpc) is 2.70. The summed E-state index contributed by atoms with van der Waals surface area (Å²) in [6.07, 6.45) is 3.94. The number of hydrogen-bond acceptors (Lipinski definition) is 5. The molecule has 0 aliphatic carbocycles. The third-order valence-electron chi connectivity index (χ3n) is 4.59. The highest BCUT2D eigenvalue weighted by atomic mass is 32.7. The maximum Gasteiger partial charge on any atom is 0.294 e. The highest BCUT2D eigenvalue weighted by molar-refractivity contribution is 8.57. The summed E-state index contributed by atoms with van der Waals surface area (Å²) in [4.78, 5) is 12.8. The zero-order valence-electron chi connectivity index (χ0n) is 17.3. The van der Waals surface area contributed by atoms with E-state index in [9.17, 15) is 17.8 Å². The molecule has 0 bridgehead atoms. The summed E-state index contributed by atoms with van der Waals surface area (Å²) in [6, 6.07) is 8.46. The lowest BCUT2D eigenvalue weighted by Crippen LogP contribution is -2.28. The van der Waals surface area contributed by atoms with Gasteiger partial charge in [-0.05, 0) is 38.4 Å². The molecule has 0 heterocycles. The maximum absolute atomic E-state index is 13.0. The SMILES string of the molecule is CCC(C)SP(=O)(NC)N(C)C(=O)CCCCCCS(=O)(=O)c1ccccc1. The summed E-state index contributed by atoms with van der Waals surface area (Å²) >= 11 is 1.31. The van der Waals surface area contributed by atoms with E-state index in [0.717, 1.165) is 19.3 Å². The number of carbonyl (C=O) groups excluding carboxylic acids is 1. The average molecular weight is 449 g/mol. The summed E-state index contributed by atoms with van der Waals surface area (Å²) in [5, 5.41) is 3.02. The minimum atomic E-state index is -3.24. The molecule has 2 atom stereocenters. The molecule has 0 radical (unpaired) electrons. The molecule has 0 aromatic heterocycles. The first-order chi connectivity index (χ1) is 13.2. The number of sulfone groups is 1. The summed E-state index contributed by atoms with van der Waals surface area (Å²) in [6.45, 7) is 1.06. The van der Waals surface area contributed by atoms with Crippen LogP contribution in [-0.2, 0) is 19.2 Å². The Morgan fingerprint density at radius 3 is 2.36 bits per heavy atom. The molecule has 9 heteroatoms. The monoisotopic (exact) mass is 448 g/mol. The van der Waals surface area contributed by atoms with Gasteiger partial charge in [-0.25, -0.2) is 13.5 Å². The predicted molar refractivity (Wildman–Crippen MR) is 118 cm³/mol. The quantitative estimate of drug-likeness (QED) is 0.347. The molecule has 1 aromatic rings. The van der Waals surface area contributed by atoms with Crippen molar-refractivity contribution in [3.8, 4) is 0 Å². The van der Waals surface area contributed by atoms with Crippen LogP contribution in [0.15, 0.2) is 35.2 Å². The zero-order valence-corrected chi connectivity index (χ0v) is 19.8. The fourth-order valence-corrected chi connectivity index (χ4v) is 8.46. The van der Waals surface area contributed by atoms with Gasteiger partial charge in [-0.15, -0.1) is 0 Å². The van der Waals surface area contributed by atoms with Crippen LogP contribution in [0.3, 0.4) is 0 Å². The number of hydrogen-bond donors (Lipinski definition) is 1. The van der Waals surface area contributed by atoms with Crippen LogP contribution in [-0.4, -0.2) is 44.1 Å². The first kappa shape index (κ1) is 25.2. The van der Waals surface area contributed by atoms with Gasteiger partial charge in [0.1, 0.15) is 0 Å². The first-order valence-corrected chi connectivity index (χ1v) is 14.5. The molecule has 0 aliphatic rings. The van der Waals surface area contributed by atoms with Crippen molar-refractivity contribution in [1.82, 2.24) is 9.76 Å². The van der Waals surface area contributed by atoms with Crippen molar-refractivity contribution in [1.29, 1.82) is 0 Å². The van der Waals surface area contributed by atoms with Gasteiger partial charge in [-0.3, -0.25) is 14.0 Å². The van der Waals surface area contributed by atoms with E-state index in [-0.39, 0.29) is 16.9 Å². The predicted octanol–water partition coefficient (Wildman–Crippen LogP) is 4.73. The molecule has 0 spiro atoms. The second kappa shape index (κ2) is 12.0. The summed E-state index contributed by atoms with van der Waals surface area (Å²) < 4.78 is 38.7. The molecule has 0 aliphatic heterocycles. The van der Waals surface area contributed by atoms with E-state index < -0.39 is 16.5 Å². The standard InChI is InChI=1S/C19H33N2O4PS2/c1-5-17(2)27-26(23,20-3)21(4)19(22)15-11-6-7-12-16-28(24,25)18-13-9-8-10-14-18/h8-10,13-14,17H,5-7,11-12,15-16H2,1-4H3,(H,20,23). The third kappa shape index (κ3) is 7.90. The molecule has 2 unspecified atom stereocenters. The van der Waals surface area contributed by atoms with Crippen LogP contribution in [0, 0.1) is 0 Å². The Balaban J connectivity index is 2.37. The van der Waals surface area contributed by atoms with Crippen molar-refractivity contribution in [2.75, 3.05) is 19.8 Å². The molecule has 28 heavy (non-hydrogen) atoms. The number of rotatable bonds is 13. The molecule has 1 N–H and O–H groups in total. The smallest absolute Gasteiger partial charge is 0.276 e. The van der Waals surface area contributed by atoms with Crippen LogP contribution >= 0.6 is 18.0 Å². The minimum Gasteiger partial charge on any atom is -0.276 e. The Kier molecular flexibility index (Phi) is 10.8. The highest BCUT2D eigenvalue weighted by Gasteiger charge is 2.31. The summed E-state index contributed by atoms with van der Waals surface area (Å²) in [5.41, 5.74) is 0. The summed E-state index contributed by atoms with van der Waals surface area (Å²) in [5.74, 6) is -0.0313. The fraction of sp³-hybridized carbons (Fsp3) is 0.632. The van der Waals surface area contributed by atoms with E-state index in [4.69, 9.17) is 0 Å². The molecule has 1 amide bonds. The van der Waals surface area contributed by atoms with Crippen LogP contribution < -0.4 is 5.09 Å². The van der Waals surface area contributed by atoms with Gasteiger partial charge < -0.3 is 0 Å². The van der Waals surface area contributed by atoms with Gasteiger partial charge in [0, 0.05) is 18.7 Å². The van der Waals surface area contributed by atoms with Crippen LogP contribution in [0.5, 0.6) is 0 Å². The Bertz CT molecular complexity index is 756. The second-order valence-corrected chi connectivity index (χ2v) is 14.1.